The molecule has 32 heavy (non-hydrogen) atoms. The van der Waals surface area contributed by atoms with Gasteiger partial charge in [0.05, 0.1) is 11.9 Å². The molecule has 3 heterocycles. The fraction of sp³-hybridized carbons (Fsp3) is 0.200. The topological polar surface area (TPSA) is 77.1 Å². The molecule has 0 aliphatic carbocycles. The van der Waals surface area contributed by atoms with Crippen molar-refractivity contribution >= 4 is 39.1 Å². The van der Waals surface area contributed by atoms with Crippen molar-refractivity contribution in [2.24, 2.45) is 7.05 Å². The number of halogens is 5. The number of hydrogen-bond acceptors (Lipinski definition) is 4. The molecule has 0 spiro atoms. The number of alkyl halides is 3. The van der Waals surface area contributed by atoms with E-state index in [1.165, 1.54) is 0 Å². The highest BCUT2D eigenvalue weighted by molar-refractivity contribution is 9.10. The Morgan fingerprint density at radius 3 is 2.53 bits per heavy atom. The Bertz CT molecular complexity index is 1330. The normalized spacial score (nSPS) is 11.8. The summed E-state index contributed by atoms with van der Waals surface area (Å²) in [5.74, 6) is -0.720. The fourth-order valence-corrected chi connectivity index (χ4v) is 3.59. The molecule has 4 rings (SSSR count). The van der Waals surface area contributed by atoms with Crippen LogP contribution < -0.4 is 5.32 Å². The first kappa shape index (κ1) is 22.3. The molecule has 0 aliphatic heterocycles. The number of nitrogens with one attached hydrogen (secondary N) is 1. The van der Waals surface area contributed by atoms with Crippen LogP contribution in [-0.4, -0.2) is 30.3 Å². The molecule has 1 aromatic carbocycles. The highest BCUT2D eigenvalue weighted by atomic mass is 79.9. The first-order valence-electron chi connectivity index (χ1n) is 9.24. The third kappa shape index (κ3) is 4.09. The molecule has 0 saturated heterocycles. The van der Waals surface area contributed by atoms with Gasteiger partial charge in [0.1, 0.15) is 5.02 Å². The maximum atomic E-state index is 13.8. The summed E-state index contributed by atoms with van der Waals surface area (Å²) in [5.41, 5.74) is 0.401. The zero-order valence-electron chi connectivity index (χ0n) is 16.7. The second-order valence-electron chi connectivity index (χ2n) is 6.99. The summed E-state index contributed by atoms with van der Waals surface area (Å²) in [4.78, 5) is 16.9. The van der Waals surface area contributed by atoms with E-state index in [1.807, 2.05) is 6.92 Å². The maximum absolute atomic E-state index is 13.8. The van der Waals surface area contributed by atoms with Crippen LogP contribution in [0, 0.1) is 6.92 Å². The summed E-state index contributed by atoms with van der Waals surface area (Å²) in [6.07, 6.45) is -3.16. The van der Waals surface area contributed by atoms with Crippen LogP contribution in [-0.2, 0) is 19.8 Å². The number of rotatable bonds is 4. The molecular formula is C20H15BrClF3N6O. The van der Waals surface area contributed by atoms with Crippen LogP contribution in [0.4, 0.5) is 13.2 Å². The lowest BCUT2D eigenvalue weighted by atomic mass is 10.1. The first-order valence-corrected chi connectivity index (χ1v) is 10.4. The molecule has 0 bridgehead atoms. The molecular weight excluding hydrogens is 513 g/mol. The largest absolute Gasteiger partial charge is 0.433 e. The van der Waals surface area contributed by atoms with Crippen LogP contribution in [0.1, 0.15) is 27.4 Å². The number of amides is 1. The molecule has 0 fully saturated rings. The Kier molecular flexibility index (Phi) is 5.72. The van der Waals surface area contributed by atoms with E-state index in [2.05, 4.69) is 36.4 Å². The van der Waals surface area contributed by atoms with Crippen molar-refractivity contribution in [2.45, 2.75) is 19.6 Å². The Morgan fingerprint density at radius 2 is 1.94 bits per heavy atom. The van der Waals surface area contributed by atoms with Gasteiger partial charge in [0.2, 0.25) is 0 Å². The van der Waals surface area contributed by atoms with Crippen molar-refractivity contribution in [2.75, 3.05) is 0 Å². The maximum Gasteiger partial charge on any atom is 0.433 e. The van der Waals surface area contributed by atoms with Crippen molar-refractivity contribution < 1.29 is 18.0 Å². The van der Waals surface area contributed by atoms with Gasteiger partial charge >= 0.3 is 6.18 Å². The third-order valence-electron chi connectivity index (χ3n) is 4.95. The third-order valence-corrected chi connectivity index (χ3v) is 5.83. The average Bonchev–Trinajstić information content (AvgIpc) is 3.25. The van der Waals surface area contributed by atoms with E-state index < -0.39 is 17.8 Å². The number of carbonyl (C=O) groups is 1. The molecule has 1 amide bonds. The summed E-state index contributed by atoms with van der Waals surface area (Å²) < 4.78 is 44.3. The van der Waals surface area contributed by atoms with Gasteiger partial charge in [-0.15, -0.1) is 0 Å². The van der Waals surface area contributed by atoms with Crippen LogP contribution in [0.5, 0.6) is 0 Å². The molecule has 4 aromatic rings. The summed E-state index contributed by atoms with van der Waals surface area (Å²) in [7, 11) is 1.76. The van der Waals surface area contributed by atoms with E-state index in [1.54, 1.807) is 42.2 Å². The number of aryl methyl sites for hydroxylation is 1. The fourth-order valence-electron chi connectivity index (χ4n) is 3.08. The minimum Gasteiger partial charge on any atom is -0.346 e. The van der Waals surface area contributed by atoms with Crippen molar-refractivity contribution in [3.8, 4) is 11.3 Å². The number of benzene rings is 1. The summed E-state index contributed by atoms with van der Waals surface area (Å²) in [6.45, 7) is 1.95. The second-order valence-corrected chi connectivity index (χ2v) is 8.28. The van der Waals surface area contributed by atoms with Crippen molar-refractivity contribution in [1.29, 1.82) is 0 Å². The quantitative estimate of drug-likeness (QED) is 0.414. The SMILES string of the molecule is Cc1c(CNC(=O)c2nn3c(C(F)(F)F)cc(-c4ccc(Br)cc4)nc3c2Cl)cnn1C. The lowest BCUT2D eigenvalue weighted by Crippen LogP contribution is -2.24. The van der Waals surface area contributed by atoms with Gasteiger partial charge in [-0.2, -0.15) is 23.4 Å². The number of fused-ring (bicyclic) bond motifs is 1. The van der Waals surface area contributed by atoms with Gasteiger partial charge in [-0.1, -0.05) is 39.7 Å². The van der Waals surface area contributed by atoms with Crippen molar-refractivity contribution in [3.05, 3.63) is 68.7 Å². The van der Waals surface area contributed by atoms with Gasteiger partial charge in [-0.25, -0.2) is 9.50 Å². The Balaban J connectivity index is 1.76. The highest BCUT2D eigenvalue weighted by Crippen LogP contribution is 2.34. The van der Waals surface area contributed by atoms with Crippen LogP contribution in [0.3, 0.4) is 0 Å². The van der Waals surface area contributed by atoms with Crippen molar-refractivity contribution in [1.82, 2.24) is 29.7 Å². The highest BCUT2D eigenvalue weighted by Gasteiger charge is 2.36. The van der Waals surface area contributed by atoms with Gasteiger partial charge in [0, 0.05) is 34.9 Å². The standard InChI is InChI=1S/C20H15BrClF3N6O/c1-10-12(9-27-30(10)2)8-26-19(32)17-16(22)18-28-14(11-3-5-13(21)6-4-11)7-15(20(23,24)25)31(18)29-17/h3-7,9H,8H2,1-2H3,(H,26,32). The summed E-state index contributed by atoms with van der Waals surface area (Å²) >= 11 is 9.56. The van der Waals surface area contributed by atoms with Gasteiger partial charge in [-0.3, -0.25) is 9.48 Å². The van der Waals surface area contributed by atoms with Gasteiger partial charge in [-0.05, 0) is 25.1 Å². The second kappa shape index (κ2) is 8.21. The predicted molar refractivity (Wildman–Crippen MR) is 115 cm³/mol. The number of hydrogen-bond donors (Lipinski definition) is 1. The van der Waals surface area contributed by atoms with E-state index in [0.717, 1.165) is 21.8 Å². The minimum absolute atomic E-state index is 0.0528. The van der Waals surface area contributed by atoms with E-state index in [9.17, 15) is 18.0 Å². The average molecular weight is 528 g/mol. The monoisotopic (exact) mass is 526 g/mol. The Morgan fingerprint density at radius 1 is 1.25 bits per heavy atom. The molecule has 0 aliphatic rings. The number of carbonyl (C=O) groups excluding carboxylic acids is 1. The zero-order valence-corrected chi connectivity index (χ0v) is 19.0. The Labute approximate surface area is 193 Å². The van der Waals surface area contributed by atoms with Gasteiger partial charge in [0.25, 0.3) is 5.91 Å². The molecule has 166 valence electrons. The lowest BCUT2D eigenvalue weighted by Gasteiger charge is -2.11. The number of aromatic nitrogens is 5. The predicted octanol–water partition coefficient (Wildman–Crippen LogP) is 4.80. The Hall–Kier alpha value is -2.92. The molecule has 7 nitrogen and oxygen atoms in total. The molecule has 12 heteroatoms. The van der Waals surface area contributed by atoms with Crippen LogP contribution in [0.25, 0.3) is 16.9 Å². The zero-order chi connectivity index (χ0) is 23.2. The molecule has 0 radical (unpaired) electrons. The van der Waals surface area contributed by atoms with Gasteiger partial charge in [0.15, 0.2) is 17.0 Å². The van der Waals surface area contributed by atoms with E-state index in [4.69, 9.17) is 11.6 Å². The molecule has 0 saturated carbocycles. The minimum atomic E-state index is -4.75. The molecule has 1 N–H and O–H groups in total. The smallest absolute Gasteiger partial charge is 0.346 e. The first-order chi connectivity index (χ1) is 15.1. The van der Waals surface area contributed by atoms with Crippen molar-refractivity contribution in [3.63, 3.8) is 0 Å². The van der Waals surface area contributed by atoms with E-state index in [-0.39, 0.29) is 28.6 Å². The van der Waals surface area contributed by atoms with Gasteiger partial charge < -0.3 is 5.32 Å². The van der Waals surface area contributed by atoms with E-state index in [0.29, 0.717) is 10.1 Å². The molecule has 0 unspecified atom stereocenters. The summed E-state index contributed by atoms with van der Waals surface area (Å²) in [6, 6.07) is 7.49. The van der Waals surface area contributed by atoms with E-state index >= 15 is 0 Å². The van der Waals surface area contributed by atoms with Crippen LogP contribution in [0.15, 0.2) is 41.0 Å². The van der Waals surface area contributed by atoms with Crippen LogP contribution in [0.2, 0.25) is 5.02 Å². The number of nitrogens with zero attached hydrogens (tertiary/aromatic N) is 5. The molecule has 0 atom stereocenters. The van der Waals surface area contributed by atoms with Crippen LogP contribution >= 0.6 is 27.5 Å². The summed E-state index contributed by atoms with van der Waals surface area (Å²) in [5, 5.41) is 10.3. The lowest BCUT2D eigenvalue weighted by molar-refractivity contribution is -0.142. The molecule has 3 aromatic heterocycles.